The number of ketones is 1. The van der Waals surface area contributed by atoms with Crippen molar-refractivity contribution in [2.45, 2.75) is 25.7 Å². The Balaban J connectivity index is 1.93. The lowest BCUT2D eigenvalue weighted by Crippen LogP contribution is -2.31. The molecule has 144 valence electrons. The number of nitrogens with one attached hydrogen (secondary N) is 1. The van der Waals surface area contributed by atoms with Crippen LogP contribution in [0.2, 0.25) is 0 Å². The molecular weight excluding hydrogens is 373 g/mol. The molecule has 2 rings (SSSR count). The van der Waals surface area contributed by atoms with Gasteiger partial charge in [0.15, 0.2) is 6.61 Å². The second-order valence-electron chi connectivity index (χ2n) is 6.12. The van der Waals surface area contributed by atoms with Crippen molar-refractivity contribution < 1.29 is 27.1 Å². The van der Waals surface area contributed by atoms with Crippen LogP contribution in [0.25, 0.3) is 0 Å². The van der Waals surface area contributed by atoms with Crippen LogP contribution in [0.3, 0.4) is 0 Å². The molecular formula is C19H20FNO5S. The molecule has 0 saturated carbocycles. The van der Waals surface area contributed by atoms with Crippen molar-refractivity contribution in [3.63, 3.8) is 0 Å². The van der Waals surface area contributed by atoms with Crippen LogP contribution < -0.4 is 4.72 Å². The van der Waals surface area contributed by atoms with Gasteiger partial charge in [0.2, 0.25) is 15.8 Å². The molecule has 0 fully saturated rings. The summed E-state index contributed by atoms with van der Waals surface area (Å²) in [6.45, 7) is 4.43. The predicted octanol–water partition coefficient (Wildman–Crippen LogP) is 2.46. The van der Waals surface area contributed by atoms with E-state index in [1.807, 2.05) is 24.6 Å². The van der Waals surface area contributed by atoms with Gasteiger partial charge >= 0.3 is 5.97 Å². The van der Waals surface area contributed by atoms with E-state index in [9.17, 15) is 22.4 Å². The number of rotatable bonds is 7. The van der Waals surface area contributed by atoms with Crippen molar-refractivity contribution in [1.29, 1.82) is 0 Å². The van der Waals surface area contributed by atoms with E-state index in [-0.39, 0.29) is 10.7 Å². The average molecular weight is 393 g/mol. The number of sulfonamides is 1. The van der Waals surface area contributed by atoms with Crippen LogP contribution >= 0.6 is 0 Å². The average Bonchev–Trinajstić information content (AvgIpc) is 2.61. The number of ether oxygens (including phenoxy) is 1. The Morgan fingerprint density at radius 3 is 2.37 bits per heavy atom. The zero-order valence-electron chi connectivity index (χ0n) is 15.2. The largest absolute Gasteiger partial charge is 0.456 e. The molecule has 0 spiro atoms. The van der Waals surface area contributed by atoms with Gasteiger partial charge in [0.25, 0.3) is 0 Å². The molecule has 0 radical (unpaired) electrons. The number of carbonyl (C=O) groups excluding carboxylic acids is 2. The van der Waals surface area contributed by atoms with Gasteiger partial charge in [-0.3, -0.25) is 9.59 Å². The molecule has 0 aliphatic heterocycles. The van der Waals surface area contributed by atoms with Gasteiger partial charge in [-0.25, -0.2) is 12.8 Å². The van der Waals surface area contributed by atoms with Crippen molar-refractivity contribution in [2.24, 2.45) is 0 Å². The van der Waals surface area contributed by atoms with E-state index in [0.717, 1.165) is 28.8 Å². The Hall–Kier alpha value is -2.58. The highest BCUT2D eigenvalue weighted by Gasteiger charge is 2.18. The molecule has 0 atom stereocenters. The minimum Gasteiger partial charge on any atom is -0.456 e. The highest BCUT2D eigenvalue weighted by atomic mass is 32.2. The molecule has 0 unspecified atom stereocenters. The number of halogens is 1. The molecule has 0 aliphatic rings. The summed E-state index contributed by atoms with van der Waals surface area (Å²) in [5.41, 5.74) is 3.21. The molecule has 2 aromatic carbocycles. The molecule has 0 amide bonds. The molecule has 0 bridgehead atoms. The normalized spacial score (nSPS) is 11.3. The summed E-state index contributed by atoms with van der Waals surface area (Å²) in [4.78, 5) is 23.7. The molecule has 6 nitrogen and oxygen atoms in total. The highest BCUT2D eigenvalue weighted by Crippen LogP contribution is 2.16. The van der Waals surface area contributed by atoms with Gasteiger partial charge in [0, 0.05) is 5.56 Å². The summed E-state index contributed by atoms with van der Waals surface area (Å²) in [7, 11) is -4.06. The fourth-order valence-corrected chi connectivity index (χ4v) is 3.41. The van der Waals surface area contributed by atoms with Crippen LogP contribution in [0.15, 0.2) is 41.3 Å². The van der Waals surface area contributed by atoms with Crippen LogP contribution in [0, 0.1) is 26.6 Å². The lowest BCUT2D eigenvalue weighted by molar-refractivity contribution is -0.141. The van der Waals surface area contributed by atoms with Crippen molar-refractivity contribution in [3.8, 4) is 0 Å². The van der Waals surface area contributed by atoms with Crippen LogP contribution in [0.5, 0.6) is 0 Å². The number of hydrogen-bond acceptors (Lipinski definition) is 5. The Bertz CT molecular complexity index is 986. The minimum absolute atomic E-state index is 0.308. The van der Waals surface area contributed by atoms with Crippen molar-refractivity contribution in [2.75, 3.05) is 13.2 Å². The van der Waals surface area contributed by atoms with Crippen LogP contribution in [-0.2, 0) is 19.6 Å². The number of hydrogen-bond donors (Lipinski definition) is 1. The summed E-state index contributed by atoms with van der Waals surface area (Å²) < 4.78 is 44.0. The van der Waals surface area contributed by atoms with Crippen molar-refractivity contribution >= 4 is 21.8 Å². The quantitative estimate of drug-likeness (QED) is 0.577. The second kappa shape index (κ2) is 8.41. The number of esters is 1. The maximum Gasteiger partial charge on any atom is 0.321 e. The molecule has 2 aromatic rings. The molecule has 27 heavy (non-hydrogen) atoms. The third-order valence-corrected chi connectivity index (χ3v) is 5.42. The SMILES string of the molecule is Cc1cc(C)c(C(=O)COC(=O)CNS(=O)(=O)c2cccc(F)c2)cc1C. The molecule has 0 heterocycles. The maximum absolute atomic E-state index is 13.1. The Morgan fingerprint density at radius 2 is 1.70 bits per heavy atom. The van der Waals surface area contributed by atoms with E-state index in [1.165, 1.54) is 12.1 Å². The fraction of sp³-hybridized carbons (Fsp3) is 0.263. The van der Waals surface area contributed by atoms with Crippen molar-refractivity contribution in [1.82, 2.24) is 4.72 Å². The topological polar surface area (TPSA) is 89.5 Å². The summed E-state index contributed by atoms with van der Waals surface area (Å²) in [5, 5.41) is 0. The third-order valence-electron chi connectivity index (χ3n) is 4.02. The number of aryl methyl sites for hydroxylation is 3. The van der Waals surface area contributed by atoms with E-state index in [2.05, 4.69) is 0 Å². The number of Topliss-reactive ketones (excluding diaryl/α,β-unsaturated/α-hetero) is 1. The summed E-state index contributed by atoms with van der Waals surface area (Å²) in [5.74, 6) is -2.00. The highest BCUT2D eigenvalue weighted by molar-refractivity contribution is 7.89. The standard InChI is InChI=1S/C19H20FNO5S/c1-12-7-14(3)17(8-13(12)2)18(22)11-26-19(23)10-21-27(24,25)16-6-4-5-15(20)9-16/h4-9,21H,10-11H2,1-3H3. The molecule has 0 aromatic heterocycles. The minimum atomic E-state index is -4.06. The van der Waals surface area contributed by atoms with Gasteiger partial charge in [-0.1, -0.05) is 12.1 Å². The summed E-state index contributed by atoms with van der Waals surface area (Å²) in [6, 6.07) is 7.98. The first-order valence-corrected chi connectivity index (χ1v) is 9.60. The van der Waals surface area contributed by atoms with Crippen LogP contribution in [0.1, 0.15) is 27.0 Å². The van der Waals surface area contributed by atoms with E-state index < -0.39 is 35.0 Å². The van der Waals surface area contributed by atoms with Gasteiger partial charge in [-0.15, -0.1) is 0 Å². The van der Waals surface area contributed by atoms with Gasteiger partial charge in [0.1, 0.15) is 12.4 Å². The second-order valence-corrected chi connectivity index (χ2v) is 7.88. The number of carbonyl (C=O) groups is 2. The lowest BCUT2D eigenvalue weighted by atomic mass is 9.98. The Kier molecular flexibility index (Phi) is 6.45. The monoisotopic (exact) mass is 393 g/mol. The van der Waals surface area contributed by atoms with E-state index in [0.29, 0.717) is 5.56 Å². The van der Waals surface area contributed by atoms with E-state index in [1.54, 1.807) is 13.0 Å². The fourth-order valence-electron chi connectivity index (χ4n) is 2.41. The van der Waals surface area contributed by atoms with Gasteiger partial charge in [0.05, 0.1) is 4.90 Å². The van der Waals surface area contributed by atoms with Crippen LogP contribution in [-0.4, -0.2) is 33.3 Å². The smallest absolute Gasteiger partial charge is 0.321 e. The Labute approximate surface area is 157 Å². The van der Waals surface area contributed by atoms with E-state index >= 15 is 0 Å². The first-order chi connectivity index (χ1) is 12.6. The molecule has 8 heteroatoms. The van der Waals surface area contributed by atoms with Crippen LogP contribution in [0.4, 0.5) is 4.39 Å². The third kappa shape index (κ3) is 5.45. The van der Waals surface area contributed by atoms with Gasteiger partial charge in [-0.2, -0.15) is 4.72 Å². The summed E-state index contributed by atoms with van der Waals surface area (Å²) >= 11 is 0. The van der Waals surface area contributed by atoms with E-state index in [4.69, 9.17) is 4.74 Å². The van der Waals surface area contributed by atoms with Gasteiger partial charge < -0.3 is 4.74 Å². The lowest BCUT2D eigenvalue weighted by Gasteiger charge is -2.10. The molecule has 1 N–H and O–H groups in total. The maximum atomic E-state index is 13.1. The molecule has 0 aliphatic carbocycles. The number of benzene rings is 2. The first-order valence-electron chi connectivity index (χ1n) is 8.12. The molecule has 0 saturated heterocycles. The predicted molar refractivity (Wildman–Crippen MR) is 97.5 cm³/mol. The Morgan fingerprint density at radius 1 is 1.04 bits per heavy atom. The van der Waals surface area contributed by atoms with Gasteiger partial charge in [-0.05, 0) is 61.7 Å². The summed E-state index contributed by atoms with van der Waals surface area (Å²) in [6.07, 6.45) is 0. The zero-order chi connectivity index (χ0) is 20.2. The van der Waals surface area contributed by atoms with Crippen molar-refractivity contribution in [3.05, 3.63) is 64.5 Å². The first kappa shape index (κ1) is 20.7. The zero-order valence-corrected chi connectivity index (χ0v) is 16.0.